The molecule has 0 bridgehead atoms. The van der Waals surface area contributed by atoms with Crippen molar-refractivity contribution in [3.63, 3.8) is 0 Å². The SMILES string of the molecule is COc1ccc(N2CCN(c3nccnc3SCC(=O)Nc3ccc(OC)cc3OC)CC2)cc1. The van der Waals surface area contributed by atoms with Crippen LogP contribution in [0, 0.1) is 0 Å². The average molecular weight is 496 g/mol. The van der Waals surface area contributed by atoms with Crippen LogP contribution < -0.4 is 29.3 Å². The number of nitrogens with one attached hydrogen (secondary N) is 1. The van der Waals surface area contributed by atoms with Gasteiger partial charge in [-0.25, -0.2) is 9.97 Å². The molecule has 1 aliphatic heterocycles. The third-order valence-corrected chi connectivity index (χ3v) is 6.65. The van der Waals surface area contributed by atoms with Crippen LogP contribution in [0.5, 0.6) is 17.2 Å². The molecule has 0 spiro atoms. The molecule has 184 valence electrons. The van der Waals surface area contributed by atoms with E-state index < -0.39 is 0 Å². The number of hydrogen-bond acceptors (Lipinski definition) is 9. The Bertz CT molecular complexity index is 1140. The summed E-state index contributed by atoms with van der Waals surface area (Å²) in [6.45, 7) is 3.36. The minimum absolute atomic E-state index is 0.153. The Kier molecular flexibility index (Phi) is 8.15. The van der Waals surface area contributed by atoms with Crippen molar-refractivity contribution in [3.8, 4) is 17.2 Å². The second-order valence-electron chi connectivity index (χ2n) is 7.76. The molecule has 0 saturated carbocycles. The van der Waals surface area contributed by atoms with Gasteiger partial charge in [-0.05, 0) is 36.4 Å². The van der Waals surface area contributed by atoms with E-state index in [1.54, 1.807) is 51.9 Å². The predicted molar refractivity (Wildman–Crippen MR) is 138 cm³/mol. The maximum Gasteiger partial charge on any atom is 0.234 e. The molecule has 9 nitrogen and oxygen atoms in total. The molecule has 1 fully saturated rings. The summed E-state index contributed by atoms with van der Waals surface area (Å²) in [5, 5.41) is 3.63. The summed E-state index contributed by atoms with van der Waals surface area (Å²) in [7, 11) is 4.81. The normalized spacial score (nSPS) is 13.3. The summed E-state index contributed by atoms with van der Waals surface area (Å²) in [6, 6.07) is 13.4. The summed E-state index contributed by atoms with van der Waals surface area (Å²) in [5.41, 5.74) is 1.76. The minimum atomic E-state index is -0.153. The molecule has 10 heteroatoms. The Morgan fingerprint density at radius 1 is 0.886 bits per heavy atom. The third-order valence-electron chi connectivity index (χ3n) is 5.69. The number of nitrogens with zero attached hydrogens (tertiary/aromatic N) is 4. The molecule has 4 rings (SSSR count). The van der Waals surface area contributed by atoms with Crippen LogP contribution in [0.1, 0.15) is 0 Å². The standard InChI is InChI=1S/C25H29N5O4S/c1-32-19-6-4-18(5-7-19)29-12-14-30(15-13-29)24-25(27-11-10-26-24)35-17-23(31)28-21-9-8-20(33-2)16-22(21)34-3/h4-11,16H,12-15,17H2,1-3H3,(H,28,31). The molecule has 2 heterocycles. The zero-order valence-corrected chi connectivity index (χ0v) is 20.9. The number of anilines is 3. The maximum atomic E-state index is 12.6. The summed E-state index contributed by atoms with van der Waals surface area (Å²) in [5.74, 6) is 2.90. The van der Waals surface area contributed by atoms with E-state index in [-0.39, 0.29) is 11.7 Å². The van der Waals surface area contributed by atoms with E-state index >= 15 is 0 Å². The number of hydrogen-bond donors (Lipinski definition) is 1. The van der Waals surface area contributed by atoms with Crippen molar-refractivity contribution in [2.24, 2.45) is 0 Å². The fourth-order valence-corrected chi connectivity index (χ4v) is 4.61. The van der Waals surface area contributed by atoms with Gasteiger partial charge in [0.2, 0.25) is 5.91 Å². The van der Waals surface area contributed by atoms with Crippen LogP contribution in [0.2, 0.25) is 0 Å². The van der Waals surface area contributed by atoms with Crippen molar-refractivity contribution in [1.29, 1.82) is 0 Å². The van der Waals surface area contributed by atoms with E-state index in [1.807, 2.05) is 12.1 Å². The van der Waals surface area contributed by atoms with E-state index in [9.17, 15) is 4.79 Å². The molecule has 35 heavy (non-hydrogen) atoms. The molecule has 0 unspecified atom stereocenters. The van der Waals surface area contributed by atoms with Gasteiger partial charge in [0.1, 0.15) is 22.3 Å². The smallest absolute Gasteiger partial charge is 0.234 e. The Labute approximate surface area is 209 Å². The van der Waals surface area contributed by atoms with Gasteiger partial charge in [0.15, 0.2) is 5.82 Å². The first-order valence-electron chi connectivity index (χ1n) is 11.2. The first kappa shape index (κ1) is 24.5. The highest BCUT2D eigenvalue weighted by atomic mass is 32.2. The molecular weight excluding hydrogens is 466 g/mol. The third kappa shape index (κ3) is 6.07. The van der Waals surface area contributed by atoms with Crippen LogP contribution in [-0.2, 0) is 4.79 Å². The number of carbonyl (C=O) groups excluding carboxylic acids is 1. The van der Waals surface area contributed by atoms with Gasteiger partial charge in [-0.2, -0.15) is 0 Å². The van der Waals surface area contributed by atoms with Crippen molar-refractivity contribution in [2.75, 3.05) is 68.4 Å². The van der Waals surface area contributed by atoms with Gasteiger partial charge in [0.05, 0.1) is 32.8 Å². The van der Waals surface area contributed by atoms with Crippen molar-refractivity contribution < 1.29 is 19.0 Å². The molecule has 2 aromatic carbocycles. The van der Waals surface area contributed by atoms with Gasteiger partial charge in [0, 0.05) is 50.3 Å². The quantitative estimate of drug-likeness (QED) is 0.448. The second-order valence-corrected chi connectivity index (χ2v) is 8.72. The van der Waals surface area contributed by atoms with Crippen LogP contribution >= 0.6 is 11.8 Å². The molecule has 1 N–H and O–H groups in total. The molecule has 1 aromatic heterocycles. The van der Waals surface area contributed by atoms with E-state index in [2.05, 4.69) is 37.2 Å². The summed E-state index contributed by atoms with van der Waals surface area (Å²) in [4.78, 5) is 26.3. The Balaban J connectivity index is 1.35. The lowest BCUT2D eigenvalue weighted by molar-refractivity contribution is -0.113. The van der Waals surface area contributed by atoms with Gasteiger partial charge in [-0.1, -0.05) is 11.8 Å². The predicted octanol–water partition coefficient (Wildman–Crippen LogP) is 3.56. The van der Waals surface area contributed by atoms with Gasteiger partial charge < -0.3 is 29.3 Å². The Morgan fingerprint density at radius 3 is 2.23 bits per heavy atom. The molecule has 0 radical (unpaired) electrons. The summed E-state index contributed by atoms with van der Waals surface area (Å²) < 4.78 is 15.8. The highest BCUT2D eigenvalue weighted by Gasteiger charge is 2.22. The first-order valence-corrected chi connectivity index (χ1v) is 12.2. The molecule has 3 aromatic rings. The molecule has 0 atom stereocenters. The fourth-order valence-electron chi connectivity index (χ4n) is 3.83. The lowest BCUT2D eigenvalue weighted by Gasteiger charge is -2.37. The Hall–Kier alpha value is -3.66. The monoisotopic (exact) mass is 495 g/mol. The van der Waals surface area contributed by atoms with Crippen LogP contribution in [0.4, 0.5) is 17.2 Å². The number of piperazine rings is 1. The van der Waals surface area contributed by atoms with Crippen LogP contribution in [0.15, 0.2) is 59.9 Å². The number of methoxy groups -OCH3 is 3. The highest BCUT2D eigenvalue weighted by Crippen LogP contribution is 2.31. The number of rotatable bonds is 9. The molecular formula is C25H29N5O4S. The van der Waals surface area contributed by atoms with Gasteiger partial charge >= 0.3 is 0 Å². The zero-order chi connectivity index (χ0) is 24.6. The Morgan fingerprint density at radius 2 is 1.54 bits per heavy atom. The molecule has 1 saturated heterocycles. The maximum absolute atomic E-state index is 12.6. The van der Waals surface area contributed by atoms with E-state index in [1.165, 1.54) is 17.4 Å². The van der Waals surface area contributed by atoms with Gasteiger partial charge in [-0.3, -0.25) is 4.79 Å². The van der Waals surface area contributed by atoms with Crippen molar-refractivity contribution in [3.05, 3.63) is 54.9 Å². The van der Waals surface area contributed by atoms with Crippen LogP contribution in [-0.4, -0.2) is 69.1 Å². The van der Waals surface area contributed by atoms with Crippen LogP contribution in [0.25, 0.3) is 0 Å². The number of amides is 1. The largest absolute Gasteiger partial charge is 0.497 e. The lowest BCUT2D eigenvalue weighted by Crippen LogP contribution is -2.47. The topological polar surface area (TPSA) is 89.1 Å². The van der Waals surface area contributed by atoms with Crippen molar-refractivity contribution in [2.45, 2.75) is 5.03 Å². The lowest BCUT2D eigenvalue weighted by atomic mass is 10.2. The second kappa shape index (κ2) is 11.7. The number of ether oxygens (including phenoxy) is 3. The zero-order valence-electron chi connectivity index (χ0n) is 20.1. The van der Waals surface area contributed by atoms with Gasteiger partial charge in [-0.15, -0.1) is 0 Å². The minimum Gasteiger partial charge on any atom is -0.497 e. The van der Waals surface area contributed by atoms with Crippen molar-refractivity contribution >= 4 is 34.9 Å². The number of carbonyl (C=O) groups is 1. The summed E-state index contributed by atoms with van der Waals surface area (Å²) >= 11 is 1.37. The van der Waals surface area contributed by atoms with E-state index in [0.29, 0.717) is 17.2 Å². The van der Waals surface area contributed by atoms with Gasteiger partial charge in [0.25, 0.3) is 0 Å². The van der Waals surface area contributed by atoms with Crippen LogP contribution in [0.3, 0.4) is 0 Å². The number of benzene rings is 2. The highest BCUT2D eigenvalue weighted by molar-refractivity contribution is 8.00. The fraction of sp³-hybridized carbons (Fsp3) is 0.320. The summed E-state index contributed by atoms with van der Waals surface area (Å²) in [6.07, 6.45) is 3.35. The molecule has 1 aliphatic rings. The van der Waals surface area contributed by atoms with E-state index in [0.717, 1.165) is 42.8 Å². The molecule has 1 amide bonds. The number of aromatic nitrogens is 2. The van der Waals surface area contributed by atoms with E-state index in [4.69, 9.17) is 14.2 Å². The molecule has 0 aliphatic carbocycles. The average Bonchev–Trinajstić information content (AvgIpc) is 2.92. The first-order chi connectivity index (χ1) is 17.1. The number of thioether (sulfide) groups is 1. The van der Waals surface area contributed by atoms with Crippen molar-refractivity contribution in [1.82, 2.24) is 9.97 Å².